The first-order valence-electron chi connectivity index (χ1n) is 7.61. The largest absolute Gasteiger partial charge is 0.494 e. The van der Waals surface area contributed by atoms with Crippen molar-refractivity contribution in [2.75, 3.05) is 6.61 Å². The van der Waals surface area contributed by atoms with Crippen LogP contribution in [0.3, 0.4) is 0 Å². The summed E-state index contributed by atoms with van der Waals surface area (Å²) in [6, 6.07) is 11.7. The molecule has 0 aromatic heterocycles. The molecule has 0 fully saturated rings. The SMILES string of the molecule is CCCOc1ccc(C(=NOS(=O)(=O)c2ccccc2)C(F)(F)F)cc1. The van der Waals surface area contributed by atoms with Gasteiger partial charge in [-0.05, 0) is 42.8 Å². The summed E-state index contributed by atoms with van der Waals surface area (Å²) in [7, 11) is -4.46. The molecule has 0 bridgehead atoms. The van der Waals surface area contributed by atoms with E-state index in [0.29, 0.717) is 12.4 Å². The van der Waals surface area contributed by atoms with Crippen molar-refractivity contribution in [1.82, 2.24) is 0 Å². The predicted molar refractivity (Wildman–Crippen MR) is 89.5 cm³/mol. The molecule has 5 nitrogen and oxygen atoms in total. The number of rotatable bonds is 7. The van der Waals surface area contributed by atoms with Crippen LogP contribution in [0.5, 0.6) is 5.75 Å². The number of halogens is 3. The van der Waals surface area contributed by atoms with Crippen molar-refractivity contribution in [1.29, 1.82) is 0 Å². The average molecular weight is 387 g/mol. The van der Waals surface area contributed by atoms with E-state index in [1.165, 1.54) is 36.4 Å². The van der Waals surface area contributed by atoms with Gasteiger partial charge in [-0.3, -0.25) is 4.28 Å². The molecule has 0 heterocycles. The molecule has 0 atom stereocenters. The molecule has 0 N–H and O–H groups in total. The Kier molecular flexibility index (Phi) is 6.25. The first kappa shape index (κ1) is 19.8. The van der Waals surface area contributed by atoms with Crippen LogP contribution >= 0.6 is 0 Å². The van der Waals surface area contributed by atoms with Crippen LogP contribution in [0.1, 0.15) is 18.9 Å². The highest BCUT2D eigenvalue weighted by Gasteiger charge is 2.38. The van der Waals surface area contributed by atoms with Gasteiger partial charge in [0.05, 0.1) is 6.61 Å². The molecule has 2 aromatic carbocycles. The number of benzene rings is 2. The summed E-state index contributed by atoms with van der Waals surface area (Å²) in [6.45, 7) is 2.32. The molecule has 2 rings (SSSR count). The van der Waals surface area contributed by atoms with E-state index in [2.05, 4.69) is 9.44 Å². The van der Waals surface area contributed by atoms with Crippen LogP contribution in [-0.4, -0.2) is 26.9 Å². The third kappa shape index (κ3) is 5.22. The van der Waals surface area contributed by atoms with Gasteiger partial charge in [-0.2, -0.15) is 21.6 Å². The van der Waals surface area contributed by atoms with Gasteiger partial charge < -0.3 is 4.74 Å². The lowest BCUT2D eigenvalue weighted by atomic mass is 10.1. The second kappa shape index (κ2) is 8.22. The second-order valence-electron chi connectivity index (χ2n) is 5.15. The van der Waals surface area contributed by atoms with Crippen LogP contribution in [0.2, 0.25) is 0 Å². The second-order valence-corrected chi connectivity index (χ2v) is 6.68. The van der Waals surface area contributed by atoms with Gasteiger partial charge in [-0.1, -0.05) is 30.3 Å². The highest BCUT2D eigenvalue weighted by Crippen LogP contribution is 2.25. The van der Waals surface area contributed by atoms with Crippen molar-refractivity contribution in [3.63, 3.8) is 0 Å². The normalized spacial score (nSPS) is 12.7. The Labute approximate surface area is 149 Å². The highest BCUT2D eigenvalue weighted by molar-refractivity contribution is 7.86. The summed E-state index contributed by atoms with van der Waals surface area (Å²) in [5, 5.41) is 2.87. The number of hydrogen-bond acceptors (Lipinski definition) is 5. The lowest BCUT2D eigenvalue weighted by Gasteiger charge is -2.11. The average Bonchev–Trinajstić information content (AvgIpc) is 2.60. The van der Waals surface area contributed by atoms with Crippen LogP contribution in [0.4, 0.5) is 13.2 Å². The van der Waals surface area contributed by atoms with Crippen molar-refractivity contribution < 1.29 is 30.6 Å². The Hall–Kier alpha value is -2.55. The van der Waals surface area contributed by atoms with Crippen LogP contribution < -0.4 is 4.74 Å². The van der Waals surface area contributed by atoms with Gasteiger partial charge in [0.1, 0.15) is 10.6 Å². The van der Waals surface area contributed by atoms with Crippen molar-refractivity contribution in [3.05, 3.63) is 60.2 Å². The molecular formula is C17H16F3NO4S. The molecule has 0 saturated heterocycles. The summed E-state index contributed by atoms with van der Waals surface area (Å²) in [4.78, 5) is -0.298. The Morgan fingerprint density at radius 2 is 1.65 bits per heavy atom. The van der Waals surface area contributed by atoms with Crippen molar-refractivity contribution in [3.8, 4) is 5.75 Å². The van der Waals surface area contributed by atoms with E-state index in [0.717, 1.165) is 18.6 Å². The zero-order valence-electron chi connectivity index (χ0n) is 13.7. The van der Waals surface area contributed by atoms with Gasteiger partial charge in [0.25, 0.3) is 0 Å². The van der Waals surface area contributed by atoms with E-state index in [4.69, 9.17) is 4.74 Å². The molecule has 0 saturated carbocycles. The third-order valence-corrected chi connectivity index (χ3v) is 4.25. The summed E-state index contributed by atoms with van der Waals surface area (Å²) < 4.78 is 73.2. The van der Waals surface area contributed by atoms with Crippen molar-refractivity contribution in [2.24, 2.45) is 5.16 Å². The molecule has 0 spiro atoms. The van der Waals surface area contributed by atoms with Crippen LogP contribution in [0.15, 0.2) is 64.6 Å². The van der Waals surface area contributed by atoms with Crippen LogP contribution in [0, 0.1) is 0 Å². The molecule has 0 aliphatic carbocycles. The minimum Gasteiger partial charge on any atom is -0.494 e. The summed E-state index contributed by atoms with van der Waals surface area (Å²) in [5.74, 6) is 0.398. The molecule has 0 amide bonds. The Balaban J connectivity index is 2.29. The van der Waals surface area contributed by atoms with E-state index >= 15 is 0 Å². The maximum absolute atomic E-state index is 13.2. The summed E-state index contributed by atoms with van der Waals surface area (Å²) >= 11 is 0. The molecule has 0 aliphatic rings. The fraction of sp³-hybridized carbons (Fsp3) is 0.235. The first-order chi connectivity index (χ1) is 12.2. The zero-order chi connectivity index (χ0) is 19.2. The van der Waals surface area contributed by atoms with E-state index in [9.17, 15) is 21.6 Å². The van der Waals surface area contributed by atoms with E-state index in [1.807, 2.05) is 6.92 Å². The Morgan fingerprint density at radius 1 is 1.04 bits per heavy atom. The van der Waals surface area contributed by atoms with Gasteiger partial charge in [0.2, 0.25) is 0 Å². The lowest BCUT2D eigenvalue weighted by Crippen LogP contribution is -2.25. The number of alkyl halides is 3. The van der Waals surface area contributed by atoms with Crippen LogP contribution in [-0.2, 0) is 14.4 Å². The monoisotopic (exact) mass is 387 g/mol. The fourth-order valence-corrected chi connectivity index (χ4v) is 2.66. The minimum absolute atomic E-state index is 0.298. The molecule has 0 radical (unpaired) electrons. The Morgan fingerprint density at radius 3 is 2.19 bits per heavy atom. The van der Waals surface area contributed by atoms with Gasteiger partial charge in [0.15, 0.2) is 5.71 Å². The zero-order valence-corrected chi connectivity index (χ0v) is 14.5. The van der Waals surface area contributed by atoms with Gasteiger partial charge in [-0.15, -0.1) is 0 Å². The standard InChI is InChI=1S/C17H16F3NO4S/c1-2-12-24-14-10-8-13(9-11-14)16(17(18,19)20)21-25-26(22,23)15-6-4-3-5-7-15/h3-11H,2,12H2,1H3. The molecule has 0 unspecified atom stereocenters. The number of nitrogens with zero attached hydrogens (tertiary/aromatic N) is 1. The summed E-state index contributed by atoms with van der Waals surface area (Å²) in [6.07, 6.45) is -4.15. The van der Waals surface area contributed by atoms with Gasteiger partial charge in [0, 0.05) is 5.56 Å². The molecular weight excluding hydrogens is 371 g/mol. The minimum atomic E-state index is -4.90. The van der Waals surface area contributed by atoms with E-state index in [1.54, 1.807) is 6.07 Å². The number of hydrogen-bond donors (Lipinski definition) is 0. The van der Waals surface area contributed by atoms with Gasteiger partial charge in [-0.25, -0.2) is 0 Å². The highest BCUT2D eigenvalue weighted by atomic mass is 32.2. The predicted octanol–water partition coefficient (Wildman–Crippen LogP) is 4.15. The fourth-order valence-electron chi connectivity index (χ4n) is 1.91. The van der Waals surface area contributed by atoms with Crippen molar-refractivity contribution in [2.45, 2.75) is 24.4 Å². The van der Waals surface area contributed by atoms with Gasteiger partial charge >= 0.3 is 16.3 Å². The smallest absolute Gasteiger partial charge is 0.437 e. The topological polar surface area (TPSA) is 65.0 Å². The molecule has 2 aromatic rings. The Bertz CT molecular complexity index is 848. The van der Waals surface area contributed by atoms with Crippen molar-refractivity contribution >= 4 is 15.8 Å². The molecule has 0 aliphatic heterocycles. The molecule has 9 heteroatoms. The molecule has 140 valence electrons. The summed E-state index contributed by atoms with van der Waals surface area (Å²) in [5.41, 5.74) is -1.80. The quantitative estimate of drug-likeness (QED) is 0.529. The maximum Gasteiger partial charge on any atom is 0.437 e. The maximum atomic E-state index is 13.2. The van der Waals surface area contributed by atoms with E-state index in [-0.39, 0.29) is 10.5 Å². The number of oxime groups is 1. The van der Waals surface area contributed by atoms with Crippen LogP contribution in [0.25, 0.3) is 0 Å². The lowest BCUT2D eigenvalue weighted by molar-refractivity contribution is -0.0597. The van der Waals surface area contributed by atoms with E-state index < -0.39 is 22.0 Å². The molecule has 26 heavy (non-hydrogen) atoms. The third-order valence-electron chi connectivity index (χ3n) is 3.13. The number of ether oxygens (including phenoxy) is 1. The first-order valence-corrected chi connectivity index (χ1v) is 9.02.